The van der Waals surface area contributed by atoms with E-state index in [9.17, 15) is 9.59 Å². The average Bonchev–Trinajstić information content (AvgIpc) is 3.13. The first-order valence-corrected chi connectivity index (χ1v) is 8.75. The van der Waals surface area contributed by atoms with Crippen LogP contribution in [0.25, 0.3) is 0 Å². The molecule has 0 aromatic carbocycles. The summed E-state index contributed by atoms with van der Waals surface area (Å²) in [6.07, 6.45) is 0.302. The highest BCUT2D eigenvalue weighted by Gasteiger charge is 2.42. The molecule has 1 aliphatic rings. The van der Waals surface area contributed by atoms with Gasteiger partial charge in [0.15, 0.2) is 0 Å². The SMILES string of the molecule is CCN(CC)CCNC(=O)C1CC(=O)N(C)C1c1cccs1. The number of carbonyl (C=O) groups excluding carboxylic acids is 2. The van der Waals surface area contributed by atoms with E-state index in [2.05, 4.69) is 24.1 Å². The first-order valence-electron chi connectivity index (χ1n) is 7.87. The van der Waals surface area contributed by atoms with Crippen molar-refractivity contribution in [3.63, 3.8) is 0 Å². The van der Waals surface area contributed by atoms with Crippen LogP contribution < -0.4 is 5.32 Å². The van der Waals surface area contributed by atoms with Gasteiger partial charge in [0, 0.05) is 31.4 Å². The summed E-state index contributed by atoms with van der Waals surface area (Å²) in [6, 6.07) is 3.84. The summed E-state index contributed by atoms with van der Waals surface area (Å²) >= 11 is 1.60. The van der Waals surface area contributed by atoms with E-state index in [4.69, 9.17) is 0 Å². The van der Waals surface area contributed by atoms with Gasteiger partial charge in [-0.05, 0) is 24.5 Å². The molecule has 122 valence electrons. The van der Waals surface area contributed by atoms with Crippen LogP contribution in [0.1, 0.15) is 31.2 Å². The molecule has 1 aromatic rings. The monoisotopic (exact) mass is 323 g/mol. The number of thiophene rings is 1. The van der Waals surface area contributed by atoms with Crippen LogP contribution in [0.3, 0.4) is 0 Å². The van der Waals surface area contributed by atoms with Crippen LogP contribution in [0.2, 0.25) is 0 Å². The third kappa shape index (κ3) is 3.67. The second-order valence-corrected chi connectivity index (χ2v) is 6.57. The topological polar surface area (TPSA) is 52.7 Å². The Morgan fingerprint density at radius 1 is 1.45 bits per heavy atom. The number of nitrogens with zero attached hydrogens (tertiary/aromatic N) is 2. The van der Waals surface area contributed by atoms with Gasteiger partial charge in [-0.2, -0.15) is 0 Å². The molecule has 1 aliphatic heterocycles. The Balaban J connectivity index is 1.97. The van der Waals surface area contributed by atoms with Crippen LogP contribution in [0.4, 0.5) is 0 Å². The summed E-state index contributed by atoms with van der Waals surface area (Å²) in [7, 11) is 1.79. The molecule has 0 radical (unpaired) electrons. The number of rotatable bonds is 7. The van der Waals surface area contributed by atoms with Crippen molar-refractivity contribution in [1.82, 2.24) is 15.1 Å². The number of likely N-dealkylation sites (tertiary alicyclic amines) is 1. The summed E-state index contributed by atoms with van der Waals surface area (Å²) in [4.78, 5) is 29.6. The molecule has 2 atom stereocenters. The largest absolute Gasteiger partial charge is 0.354 e. The second kappa shape index (κ2) is 7.74. The zero-order chi connectivity index (χ0) is 16.1. The van der Waals surface area contributed by atoms with Crippen LogP contribution in [0.5, 0.6) is 0 Å². The van der Waals surface area contributed by atoms with Crippen molar-refractivity contribution >= 4 is 23.2 Å². The van der Waals surface area contributed by atoms with Crippen LogP contribution in [-0.4, -0.2) is 54.8 Å². The molecule has 0 spiro atoms. The predicted octanol–water partition coefficient (Wildman–Crippen LogP) is 1.73. The standard InChI is InChI=1S/C16H25N3O2S/c1-4-19(5-2)9-8-17-16(21)12-11-14(20)18(3)15(12)13-7-6-10-22-13/h6-7,10,12,15H,4-5,8-9,11H2,1-3H3,(H,17,21). The molecule has 2 unspecified atom stereocenters. The highest BCUT2D eigenvalue weighted by molar-refractivity contribution is 7.10. The van der Waals surface area contributed by atoms with Gasteiger partial charge in [0.1, 0.15) is 0 Å². The first-order chi connectivity index (χ1) is 10.6. The molecule has 0 saturated carbocycles. The second-order valence-electron chi connectivity index (χ2n) is 5.59. The van der Waals surface area contributed by atoms with E-state index in [1.807, 2.05) is 17.5 Å². The van der Waals surface area contributed by atoms with E-state index in [0.29, 0.717) is 13.0 Å². The minimum Gasteiger partial charge on any atom is -0.354 e. The molecule has 0 bridgehead atoms. The molecular weight excluding hydrogens is 298 g/mol. The molecule has 1 saturated heterocycles. The molecule has 1 aromatic heterocycles. The van der Waals surface area contributed by atoms with Crippen molar-refractivity contribution in [3.8, 4) is 0 Å². The van der Waals surface area contributed by atoms with Gasteiger partial charge in [0.2, 0.25) is 11.8 Å². The van der Waals surface area contributed by atoms with Crippen molar-refractivity contribution in [2.45, 2.75) is 26.3 Å². The lowest BCUT2D eigenvalue weighted by Gasteiger charge is -2.24. The number of likely N-dealkylation sites (N-methyl/N-ethyl adjacent to an activating group) is 1. The van der Waals surface area contributed by atoms with E-state index in [-0.39, 0.29) is 23.8 Å². The molecule has 2 amide bonds. The fraction of sp³-hybridized carbons (Fsp3) is 0.625. The molecule has 2 rings (SSSR count). The summed E-state index contributed by atoms with van der Waals surface area (Å²) in [6.45, 7) is 7.67. The maximum absolute atomic E-state index is 12.5. The van der Waals surface area contributed by atoms with Crippen molar-refractivity contribution in [2.24, 2.45) is 5.92 Å². The minimum absolute atomic E-state index is 0.0109. The first kappa shape index (κ1) is 17.0. The van der Waals surface area contributed by atoms with Crippen LogP contribution in [-0.2, 0) is 9.59 Å². The Labute approximate surface area is 136 Å². The normalized spacial score (nSPS) is 21.6. The van der Waals surface area contributed by atoms with Crippen LogP contribution in [0, 0.1) is 5.92 Å². The number of nitrogens with one attached hydrogen (secondary N) is 1. The number of hydrogen-bond donors (Lipinski definition) is 1. The molecule has 5 nitrogen and oxygen atoms in total. The highest BCUT2D eigenvalue weighted by Crippen LogP contribution is 2.38. The number of hydrogen-bond acceptors (Lipinski definition) is 4. The summed E-state index contributed by atoms with van der Waals surface area (Å²) < 4.78 is 0. The van der Waals surface area contributed by atoms with Crippen molar-refractivity contribution in [1.29, 1.82) is 0 Å². The van der Waals surface area contributed by atoms with Gasteiger partial charge in [-0.25, -0.2) is 0 Å². The Hall–Kier alpha value is -1.40. The lowest BCUT2D eigenvalue weighted by atomic mass is 9.98. The van der Waals surface area contributed by atoms with Gasteiger partial charge in [-0.3, -0.25) is 9.59 Å². The number of amides is 2. The van der Waals surface area contributed by atoms with Gasteiger partial charge in [-0.15, -0.1) is 11.3 Å². The van der Waals surface area contributed by atoms with Gasteiger partial charge < -0.3 is 15.1 Å². The van der Waals surface area contributed by atoms with Crippen LogP contribution in [0.15, 0.2) is 17.5 Å². The molecule has 1 N–H and O–H groups in total. The smallest absolute Gasteiger partial charge is 0.226 e. The van der Waals surface area contributed by atoms with E-state index in [0.717, 1.165) is 24.5 Å². The van der Waals surface area contributed by atoms with Gasteiger partial charge in [0.05, 0.1) is 12.0 Å². The van der Waals surface area contributed by atoms with Gasteiger partial charge in [-0.1, -0.05) is 19.9 Å². The predicted molar refractivity (Wildman–Crippen MR) is 88.7 cm³/mol. The average molecular weight is 323 g/mol. The van der Waals surface area contributed by atoms with Gasteiger partial charge in [0.25, 0.3) is 0 Å². The molecule has 22 heavy (non-hydrogen) atoms. The van der Waals surface area contributed by atoms with E-state index in [1.165, 1.54) is 0 Å². The molecule has 2 heterocycles. The lowest BCUT2D eigenvalue weighted by Crippen LogP contribution is -2.39. The lowest BCUT2D eigenvalue weighted by molar-refractivity contribution is -0.128. The highest BCUT2D eigenvalue weighted by atomic mass is 32.1. The third-order valence-corrected chi connectivity index (χ3v) is 5.32. The Bertz CT molecular complexity index is 499. The summed E-state index contributed by atoms with van der Waals surface area (Å²) in [5, 5.41) is 4.99. The number of carbonyl (C=O) groups is 2. The van der Waals surface area contributed by atoms with Crippen molar-refractivity contribution < 1.29 is 9.59 Å². The zero-order valence-electron chi connectivity index (χ0n) is 13.5. The van der Waals surface area contributed by atoms with E-state index in [1.54, 1.807) is 23.3 Å². The van der Waals surface area contributed by atoms with Gasteiger partial charge >= 0.3 is 0 Å². The quantitative estimate of drug-likeness (QED) is 0.831. The maximum atomic E-state index is 12.5. The van der Waals surface area contributed by atoms with Crippen LogP contribution >= 0.6 is 11.3 Å². The Morgan fingerprint density at radius 3 is 2.77 bits per heavy atom. The third-order valence-electron chi connectivity index (χ3n) is 4.38. The molecule has 0 aliphatic carbocycles. The summed E-state index contributed by atoms with van der Waals surface area (Å²) in [5.41, 5.74) is 0. The Kier molecular flexibility index (Phi) is 5.97. The van der Waals surface area contributed by atoms with Crippen molar-refractivity contribution in [3.05, 3.63) is 22.4 Å². The molecular formula is C16H25N3O2S. The van der Waals surface area contributed by atoms with Crippen molar-refractivity contribution in [2.75, 3.05) is 33.2 Å². The maximum Gasteiger partial charge on any atom is 0.226 e. The minimum atomic E-state index is -0.284. The fourth-order valence-corrected chi connectivity index (χ4v) is 3.89. The van der Waals surface area contributed by atoms with E-state index < -0.39 is 0 Å². The van der Waals surface area contributed by atoms with E-state index >= 15 is 0 Å². The zero-order valence-corrected chi connectivity index (χ0v) is 14.4. The molecule has 6 heteroatoms. The Morgan fingerprint density at radius 2 is 2.18 bits per heavy atom. The molecule has 1 fully saturated rings. The fourth-order valence-electron chi connectivity index (χ4n) is 2.96. The summed E-state index contributed by atoms with van der Waals surface area (Å²) in [5.74, 6) is -0.251.